The summed E-state index contributed by atoms with van der Waals surface area (Å²) in [4.78, 5) is 19.1. The normalized spacial score (nSPS) is 10.6. The number of hydrogen-bond acceptors (Lipinski definition) is 4. The molecule has 2 amide bonds. The van der Waals surface area contributed by atoms with E-state index in [4.69, 9.17) is 0 Å². The van der Waals surface area contributed by atoms with Crippen LogP contribution in [0.15, 0.2) is 48.8 Å². The molecule has 3 rings (SSSR count). The predicted octanol–water partition coefficient (Wildman–Crippen LogP) is 3.36. The van der Waals surface area contributed by atoms with Gasteiger partial charge in [-0.3, -0.25) is 10.00 Å². The number of thiazole rings is 1. The highest BCUT2D eigenvalue weighted by Crippen LogP contribution is 2.14. The lowest BCUT2D eigenvalue weighted by Crippen LogP contribution is -2.30. The van der Waals surface area contributed by atoms with E-state index in [2.05, 4.69) is 15.4 Å². The van der Waals surface area contributed by atoms with Crippen molar-refractivity contribution in [3.05, 3.63) is 64.2 Å². The molecule has 0 saturated heterocycles. The van der Waals surface area contributed by atoms with Gasteiger partial charge in [0.25, 0.3) is 0 Å². The number of anilines is 1. The Bertz CT molecular complexity index is 811. The highest BCUT2D eigenvalue weighted by molar-refractivity contribution is 7.11. The van der Waals surface area contributed by atoms with Gasteiger partial charge in [0.2, 0.25) is 0 Å². The number of nitrogens with one attached hydrogen (secondary N) is 1. The third-order valence-electron chi connectivity index (χ3n) is 3.47. The minimum Gasteiger partial charge on any atom is -0.322 e. The first-order valence-corrected chi connectivity index (χ1v) is 8.42. The molecule has 124 valence electrons. The molecule has 6 nitrogen and oxygen atoms in total. The summed E-state index contributed by atoms with van der Waals surface area (Å²) < 4.78 is 1.80. The van der Waals surface area contributed by atoms with Crippen molar-refractivity contribution in [1.82, 2.24) is 19.7 Å². The number of rotatable bonds is 5. The number of nitrogens with zero attached hydrogens (tertiary/aromatic N) is 4. The van der Waals surface area contributed by atoms with E-state index in [1.165, 1.54) is 0 Å². The van der Waals surface area contributed by atoms with Crippen molar-refractivity contribution in [3.8, 4) is 0 Å². The number of aryl methyl sites for hydroxylation is 1. The van der Waals surface area contributed by atoms with Gasteiger partial charge < -0.3 is 4.90 Å². The lowest BCUT2D eigenvalue weighted by Gasteiger charge is -2.15. The van der Waals surface area contributed by atoms with Gasteiger partial charge in [0.15, 0.2) is 5.82 Å². The molecule has 0 atom stereocenters. The number of urea groups is 1. The maximum atomic E-state index is 12.2. The smallest absolute Gasteiger partial charge is 0.322 e. The summed E-state index contributed by atoms with van der Waals surface area (Å²) in [6, 6.07) is 11.7. The van der Waals surface area contributed by atoms with Crippen LogP contribution in [0.2, 0.25) is 0 Å². The maximum Gasteiger partial charge on any atom is 0.323 e. The second-order valence-electron chi connectivity index (χ2n) is 5.52. The van der Waals surface area contributed by atoms with Crippen molar-refractivity contribution in [2.45, 2.75) is 20.0 Å². The Balaban J connectivity index is 1.56. The summed E-state index contributed by atoms with van der Waals surface area (Å²) in [6.07, 6.45) is 3.66. The molecular weight excluding hydrogens is 322 g/mol. The highest BCUT2D eigenvalue weighted by atomic mass is 32.1. The van der Waals surface area contributed by atoms with Gasteiger partial charge in [-0.2, -0.15) is 5.10 Å². The first kappa shape index (κ1) is 16.2. The predicted molar refractivity (Wildman–Crippen MR) is 95.1 cm³/mol. The second kappa shape index (κ2) is 7.27. The van der Waals surface area contributed by atoms with Crippen LogP contribution in [0, 0.1) is 6.92 Å². The SMILES string of the molecule is Cc1ncc(CN(C)C(=O)Nc2ccn(Cc3ccccc3)n2)s1. The zero-order valence-corrected chi connectivity index (χ0v) is 14.5. The van der Waals surface area contributed by atoms with Crippen LogP contribution < -0.4 is 5.32 Å². The lowest BCUT2D eigenvalue weighted by molar-refractivity contribution is 0.221. The van der Waals surface area contributed by atoms with Gasteiger partial charge in [0, 0.05) is 30.4 Å². The molecule has 2 heterocycles. The summed E-state index contributed by atoms with van der Waals surface area (Å²) in [7, 11) is 1.76. The van der Waals surface area contributed by atoms with E-state index < -0.39 is 0 Å². The van der Waals surface area contributed by atoms with Crippen molar-refractivity contribution in [2.75, 3.05) is 12.4 Å². The van der Waals surface area contributed by atoms with Gasteiger partial charge in [-0.1, -0.05) is 30.3 Å². The number of carbonyl (C=O) groups excluding carboxylic acids is 1. The van der Waals surface area contributed by atoms with Crippen LogP contribution >= 0.6 is 11.3 Å². The molecule has 0 aliphatic heterocycles. The molecule has 1 N–H and O–H groups in total. The van der Waals surface area contributed by atoms with Gasteiger partial charge in [-0.05, 0) is 12.5 Å². The zero-order chi connectivity index (χ0) is 16.9. The average Bonchev–Trinajstić information content (AvgIpc) is 3.17. The van der Waals surface area contributed by atoms with E-state index in [1.54, 1.807) is 40.2 Å². The minimum absolute atomic E-state index is 0.189. The molecule has 1 aromatic carbocycles. The maximum absolute atomic E-state index is 12.2. The monoisotopic (exact) mass is 341 g/mol. The third-order valence-corrected chi connectivity index (χ3v) is 4.37. The Hall–Kier alpha value is -2.67. The quantitative estimate of drug-likeness (QED) is 0.774. The third kappa shape index (κ3) is 4.20. The number of amides is 2. The van der Waals surface area contributed by atoms with Crippen molar-refractivity contribution >= 4 is 23.2 Å². The van der Waals surface area contributed by atoms with E-state index >= 15 is 0 Å². The van der Waals surface area contributed by atoms with Crippen molar-refractivity contribution in [3.63, 3.8) is 0 Å². The van der Waals surface area contributed by atoms with Crippen LogP contribution in [0.4, 0.5) is 10.6 Å². The zero-order valence-electron chi connectivity index (χ0n) is 13.6. The fraction of sp³-hybridized carbons (Fsp3) is 0.235. The van der Waals surface area contributed by atoms with Gasteiger partial charge in [0.1, 0.15) is 0 Å². The average molecular weight is 341 g/mol. The van der Waals surface area contributed by atoms with Crippen molar-refractivity contribution in [2.24, 2.45) is 0 Å². The van der Waals surface area contributed by atoms with E-state index in [9.17, 15) is 4.79 Å². The molecule has 7 heteroatoms. The van der Waals surface area contributed by atoms with Gasteiger partial charge in [-0.15, -0.1) is 11.3 Å². The molecule has 24 heavy (non-hydrogen) atoms. The minimum atomic E-state index is -0.189. The number of hydrogen-bond donors (Lipinski definition) is 1. The van der Waals surface area contributed by atoms with E-state index in [1.807, 2.05) is 43.5 Å². The van der Waals surface area contributed by atoms with Crippen LogP contribution in [-0.2, 0) is 13.1 Å². The molecule has 0 fully saturated rings. The van der Waals surface area contributed by atoms with Gasteiger partial charge >= 0.3 is 6.03 Å². The summed E-state index contributed by atoms with van der Waals surface area (Å²) in [5.74, 6) is 0.545. The molecule has 0 bridgehead atoms. The molecule has 0 aliphatic carbocycles. The largest absolute Gasteiger partial charge is 0.323 e. The summed E-state index contributed by atoms with van der Waals surface area (Å²) in [5.41, 5.74) is 1.16. The summed E-state index contributed by atoms with van der Waals surface area (Å²) in [6.45, 7) is 3.16. The Morgan fingerprint density at radius 2 is 2.08 bits per heavy atom. The first-order valence-electron chi connectivity index (χ1n) is 7.61. The topological polar surface area (TPSA) is 63.1 Å². The van der Waals surface area contributed by atoms with Gasteiger partial charge in [-0.25, -0.2) is 9.78 Å². The molecule has 3 aromatic rings. The first-order chi connectivity index (χ1) is 11.6. The molecule has 0 radical (unpaired) electrons. The Morgan fingerprint density at radius 1 is 1.29 bits per heavy atom. The molecular formula is C17H19N5OS. The standard InChI is InChI=1S/C17H19N5OS/c1-13-18-10-15(24-13)12-21(2)17(23)19-16-8-9-22(20-16)11-14-6-4-3-5-7-14/h3-10H,11-12H2,1-2H3,(H,19,20,23). The fourth-order valence-corrected chi connectivity index (χ4v) is 3.12. The molecule has 2 aromatic heterocycles. The van der Waals surface area contributed by atoms with E-state index in [-0.39, 0.29) is 6.03 Å². The van der Waals surface area contributed by atoms with Crippen LogP contribution in [0.5, 0.6) is 0 Å². The van der Waals surface area contributed by atoms with Crippen LogP contribution in [-0.4, -0.2) is 32.7 Å². The van der Waals surface area contributed by atoms with Crippen LogP contribution in [0.25, 0.3) is 0 Å². The number of benzene rings is 1. The number of aromatic nitrogens is 3. The van der Waals surface area contributed by atoms with E-state index in [0.29, 0.717) is 18.9 Å². The van der Waals surface area contributed by atoms with Crippen molar-refractivity contribution < 1.29 is 4.79 Å². The second-order valence-corrected chi connectivity index (χ2v) is 6.84. The molecule has 0 aliphatic rings. The number of carbonyl (C=O) groups is 1. The highest BCUT2D eigenvalue weighted by Gasteiger charge is 2.12. The van der Waals surface area contributed by atoms with Crippen molar-refractivity contribution in [1.29, 1.82) is 0 Å². The lowest BCUT2D eigenvalue weighted by atomic mass is 10.2. The van der Waals surface area contributed by atoms with Crippen LogP contribution in [0.3, 0.4) is 0 Å². The summed E-state index contributed by atoms with van der Waals surface area (Å²) >= 11 is 1.59. The molecule has 0 spiro atoms. The Labute approximate surface area is 144 Å². The molecule has 0 unspecified atom stereocenters. The fourth-order valence-electron chi connectivity index (χ4n) is 2.28. The Kier molecular flexibility index (Phi) is 4.90. The van der Waals surface area contributed by atoms with E-state index in [0.717, 1.165) is 15.4 Å². The summed E-state index contributed by atoms with van der Waals surface area (Å²) in [5, 5.41) is 8.20. The van der Waals surface area contributed by atoms with Gasteiger partial charge in [0.05, 0.1) is 18.1 Å². The molecule has 0 saturated carbocycles. The van der Waals surface area contributed by atoms with Crippen LogP contribution in [0.1, 0.15) is 15.4 Å². The Morgan fingerprint density at radius 3 is 2.79 bits per heavy atom.